The normalized spacial score (nSPS) is 41.4. The Morgan fingerprint density at radius 2 is 1.64 bits per heavy atom. The van der Waals surface area contributed by atoms with Crippen molar-refractivity contribution in [2.75, 3.05) is 6.54 Å². The van der Waals surface area contributed by atoms with Crippen LogP contribution in [0.3, 0.4) is 0 Å². The van der Waals surface area contributed by atoms with E-state index in [4.69, 9.17) is 0 Å². The van der Waals surface area contributed by atoms with Crippen LogP contribution in [0.25, 0.3) is 0 Å². The molecule has 25 heavy (non-hydrogen) atoms. The molecule has 0 saturated heterocycles. The van der Waals surface area contributed by atoms with E-state index in [1.807, 2.05) is 6.07 Å². The van der Waals surface area contributed by atoms with Gasteiger partial charge in [-0.2, -0.15) is 0 Å². The highest BCUT2D eigenvalue weighted by atomic mass is 16.3. The third-order valence-corrected chi connectivity index (χ3v) is 7.60. The summed E-state index contributed by atoms with van der Waals surface area (Å²) in [6.45, 7) is 0.405. The van der Waals surface area contributed by atoms with Gasteiger partial charge in [0.2, 0.25) is 5.91 Å². The Bertz CT molecular complexity index is 662. The molecule has 5 aliphatic rings. The van der Waals surface area contributed by atoms with Crippen LogP contribution in [0.15, 0.2) is 24.3 Å². The van der Waals surface area contributed by atoms with E-state index in [0.717, 1.165) is 49.9 Å². The second-order valence-electron chi connectivity index (χ2n) is 9.55. The lowest BCUT2D eigenvalue weighted by molar-refractivity contribution is -0.147. The number of rotatable bonds is 3. The van der Waals surface area contributed by atoms with Crippen LogP contribution in [-0.4, -0.2) is 23.2 Å². The van der Waals surface area contributed by atoms with Gasteiger partial charge in [-0.1, -0.05) is 24.3 Å². The van der Waals surface area contributed by atoms with Crippen molar-refractivity contribution in [3.05, 3.63) is 35.4 Å². The van der Waals surface area contributed by atoms with E-state index in [2.05, 4.69) is 23.5 Å². The first-order chi connectivity index (χ1) is 12.0. The van der Waals surface area contributed by atoms with Crippen LogP contribution in [0.5, 0.6) is 0 Å². The highest BCUT2D eigenvalue weighted by Crippen LogP contribution is 2.60. The van der Waals surface area contributed by atoms with Crippen LogP contribution >= 0.6 is 0 Å². The van der Waals surface area contributed by atoms with Crippen molar-refractivity contribution < 1.29 is 9.90 Å². The standard InChI is InChI=1S/C22H29NO2/c24-20(21-10-15-7-16(11-21)9-17(8-15)12-21)23-14-22(25)6-5-18-3-1-2-4-19(18)13-22/h1-4,15-17,25H,5-14H2,(H,23,24). The molecule has 2 N–H and O–H groups in total. The zero-order valence-electron chi connectivity index (χ0n) is 15.0. The Labute approximate surface area is 150 Å². The molecule has 0 aliphatic heterocycles. The minimum atomic E-state index is -0.785. The molecular formula is C22H29NO2. The van der Waals surface area contributed by atoms with E-state index in [9.17, 15) is 9.90 Å². The molecule has 4 fully saturated rings. The Hall–Kier alpha value is -1.35. The van der Waals surface area contributed by atoms with Gasteiger partial charge in [-0.3, -0.25) is 4.79 Å². The molecule has 6 rings (SSSR count). The molecular weight excluding hydrogens is 310 g/mol. The first-order valence-electron chi connectivity index (χ1n) is 10.1. The molecule has 134 valence electrons. The maximum absolute atomic E-state index is 13.1. The maximum Gasteiger partial charge on any atom is 0.226 e. The molecule has 1 atom stereocenters. The number of amides is 1. The van der Waals surface area contributed by atoms with Crippen LogP contribution in [0.4, 0.5) is 0 Å². The molecule has 5 aliphatic carbocycles. The molecule has 3 heteroatoms. The molecule has 1 aromatic carbocycles. The van der Waals surface area contributed by atoms with Crippen molar-refractivity contribution in [3.63, 3.8) is 0 Å². The van der Waals surface area contributed by atoms with Crippen LogP contribution in [0.1, 0.15) is 56.1 Å². The highest BCUT2D eigenvalue weighted by Gasteiger charge is 2.54. The molecule has 4 bridgehead atoms. The van der Waals surface area contributed by atoms with Gasteiger partial charge in [0.25, 0.3) is 0 Å². The largest absolute Gasteiger partial charge is 0.388 e. The van der Waals surface area contributed by atoms with Crippen molar-refractivity contribution >= 4 is 5.91 Å². The van der Waals surface area contributed by atoms with Crippen LogP contribution in [0, 0.1) is 23.2 Å². The third kappa shape index (κ3) is 2.71. The average molecular weight is 339 g/mol. The average Bonchev–Trinajstić information content (AvgIpc) is 2.58. The van der Waals surface area contributed by atoms with Crippen LogP contribution in [-0.2, 0) is 17.6 Å². The van der Waals surface area contributed by atoms with Crippen molar-refractivity contribution in [2.24, 2.45) is 23.2 Å². The topological polar surface area (TPSA) is 49.3 Å². The minimum absolute atomic E-state index is 0.113. The van der Waals surface area contributed by atoms with Crippen LogP contribution < -0.4 is 5.32 Å². The quantitative estimate of drug-likeness (QED) is 0.888. The van der Waals surface area contributed by atoms with E-state index in [0.29, 0.717) is 13.0 Å². The SMILES string of the molecule is O=C(NCC1(O)CCc2ccccc2C1)C12CC3CC(CC(C3)C1)C2. The number of carbonyl (C=O) groups is 1. The lowest BCUT2D eigenvalue weighted by Gasteiger charge is -2.55. The smallest absolute Gasteiger partial charge is 0.226 e. The lowest BCUT2D eigenvalue weighted by atomic mass is 9.49. The van der Waals surface area contributed by atoms with Gasteiger partial charge >= 0.3 is 0 Å². The summed E-state index contributed by atoms with van der Waals surface area (Å²) < 4.78 is 0. The predicted octanol–water partition coefficient (Wildman–Crippen LogP) is 3.24. The number of carbonyl (C=O) groups excluding carboxylic acids is 1. The fraction of sp³-hybridized carbons (Fsp3) is 0.682. The first kappa shape index (κ1) is 15.9. The summed E-state index contributed by atoms with van der Waals surface area (Å²) >= 11 is 0. The zero-order chi connectivity index (χ0) is 17.1. The van der Waals surface area contributed by atoms with Gasteiger partial charge in [-0.15, -0.1) is 0 Å². The van der Waals surface area contributed by atoms with Crippen LogP contribution in [0.2, 0.25) is 0 Å². The van der Waals surface area contributed by atoms with E-state index in [-0.39, 0.29) is 11.3 Å². The fourth-order valence-corrected chi connectivity index (χ4v) is 6.76. The summed E-state index contributed by atoms with van der Waals surface area (Å²) in [5.41, 5.74) is 1.68. The van der Waals surface area contributed by atoms with Gasteiger partial charge in [-0.25, -0.2) is 0 Å². The summed E-state index contributed by atoms with van der Waals surface area (Å²) in [6, 6.07) is 8.37. The second kappa shape index (κ2) is 5.57. The van der Waals surface area contributed by atoms with Gasteiger partial charge in [0, 0.05) is 18.4 Å². The number of nitrogens with one attached hydrogen (secondary N) is 1. The highest BCUT2D eigenvalue weighted by molar-refractivity contribution is 5.83. The summed E-state index contributed by atoms with van der Waals surface area (Å²) in [7, 11) is 0. The minimum Gasteiger partial charge on any atom is -0.388 e. The van der Waals surface area contributed by atoms with Crippen molar-refractivity contribution in [2.45, 2.75) is 63.4 Å². The van der Waals surface area contributed by atoms with E-state index < -0.39 is 5.60 Å². The Balaban J connectivity index is 1.27. The van der Waals surface area contributed by atoms with Crippen molar-refractivity contribution in [3.8, 4) is 0 Å². The molecule has 0 radical (unpaired) electrons. The Kier molecular flexibility index (Phi) is 3.54. The zero-order valence-corrected chi connectivity index (χ0v) is 15.0. The fourth-order valence-electron chi connectivity index (χ4n) is 6.76. The molecule has 1 aromatic rings. The van der Waals surface area contributed by atoms with Gasteiger partial charge < -0.3 is 10.4 Å². The van der Waals surface area contributed by atoms with Crippen molar-refractivity contribution in [1.29, 1.82) is 0 Å². The van der Waals surface area contributed by atoms with Gasteiger partial charge in [-0.05, 0) is 80.2 Å². The summed E-state index contributed by atoms with van der Waals surface area (Å²) in [5.74, 6) is 2.57. The van der Waals surface area contributed by atoms with Gasteiger partial charge in [0.1, 0.15) is 0 Å². The summed E-state index contributed by atoms with van der Waals surface area (Å²) in [5, 5.41) is 14.2. The second-order valence-corrected chi connectivity index (χ2v) is 9.55. The number of aliphatic hydroxyl groups is 1. The van der Waals surface area contributed by atoms with Gasteiger partial charge in [0.15, 0.2) is 0 Å². The summed E-state index contributed by atoms with van der Waals surface area (Å²) in [6.07, 6.45) is 9.63. The third-order valence-electron chi connectivity index (χ3n) is 7.60. The molecule has 0 aromatic heterocycles. The first-order valence-corrected chi connectivity index (χ1v) is 10.1. The molecule has 1 unspecified atom stereocenters. The molecule has 4 saturated carbocycles. The number of hydrogen-bond donors (Lipinski definition) is 2. The maximum atomic E-state index is 13.1. The molecule has 3 nitrogen and oxygen atoms in total. The number of benzene rings is 1. The van der Waals surface area contributed by atoms with Gasteiger partial charge in [0.05, 0.1) is 5.60 Å². The number of aryl methyl sites for hydroxylation is 1. The number of fused-ring (bicyclic) bond motifs is 1. The van der Waals surface area contributed by atoms with E-state index in [1.165, 1.54) is 30.4 Å². The number of hydrogen-bond acceptors (Lipinski definition) is 2. The van der Waals surface area contributed by atoms with E-state index >= 15 is 0 Å². The Morgan fingerprint density at radius 3 is 2.28 bits per heavy atom. The lowest BCUT2D eigenvalue weighted by Crippen LogP contribution is -2.56. The monoisotopic (exact) mass is 339 g/mol. The summed E-state index contributed by atoms with van der Waals surface area (Å²) in [4.78, 5) is 13.1. The molecule has 1 amide bonds. The predicted molar refractivity (Wildman–Crippen MR) is 97.0 cm³/mol. The molecule has 0 spiro atoms. The Morgan fingerprint density at radius 1 is 1.04 bits per heavy atom. The molecule has 0 heterocycles. The van der Waals surface area contributed by atoms with Crippen molar-refractivity contribution in [1.82, 2.24) is 5.32 Å². The van der Waals surface area contributed by atoms with E-state index in [1.54, 1.807) is 0 Å².